The summed E-state index contributed by atoms with van der Waals surface area (Å²) in [5.41, 5.74) is 0. The van der Waals surface area contributed by atoms with Crippen LogP contribution in [0.4, 0.5) is 0 Å². The second-order valence-corrected chi connectivity index (χ2v) is 6.48. The fraction of sp³-hybridized carbons (Fsp3) is 0.462. The third kappa shape index (κ3) is 5.61. The Hall–Kier alpha value is -0.420. The van der Waals surface area contributed by atoms with Crippen molar-refractivity contribution in [2.24, 2.45) is 0 Å². The maximum Gasteiger partial charge on any atom is 0.233 e. The first-order valence-corrected chi connectivity index (χ1v) is 7.60. The van der Waals surface area contributed by atoms with Crippen LogP contribution in [0, 0.1) is 0 Å². The highest BCUT2D eigenvalue weighted by Crippen LogP contribution is 2.32. The molecule has 0 bridgehead atoms. The average molecular weight is 322 g/mol. The number of carbonyl (C=O) groups excluding carboxylic acids is 1. The van der Waals surface area contributed by atoms with Crippen LogP contribution in [0.1, 0.15) is 20.3 Å². The van der Waals surface area contributed by atoms with Crippen molar-refractivity contribution in [3.05, 3.63) is 28.2 Å². The second-order valence-electron chi connectivity index (χ2n) is 4.26. The summed E-state index contributed by atoms with van der Waals surface area (Å²) in [6, 6.07) is 5.12. The van der Waals surface area contributed by atoms with E-state index in [9.17, 15) is 4.79 Å². The molecule has 0 radical (unpaired) electrons. The van der Waals surface area contributed by atoms with Crippen LogP contribution in [-0.2, 0) is 4.79 Å². The summed E-state index contributed by atoms with van der Waals surface area (Å²) in [6.45, 7) is 3.73. The van der Waals surface area contributed by atoms with Gasteiger partial charge in [0, 0.05) is 22.6 Å². The van der Waals surface area contributed by atoms with Gasteiger partial charge in [-0.3, -0.25) is 4.79 Å². The third-order valence-electron chi connectivity index (χ3n) is 2.52. The predicted octanol–water partition coefficient (Wildman–Crippen LogP) is 3.36. The Labute approximate surface area is 127 Å². The largest absolute Gasteiger partial charge is 0.396 e. The van der Waals surface area contributed by atoms with Crippen LogP contribution >= 0.6 is 35.0 Å². The van der Waals surface area contributed by atoms with Gasteiger partial charge in [-0.05, 0) is 38.5 Å². The third-order valence-corrected chi connectivity index (χ3v) is 4.35. The van der Waals surface area contributed by atoms with Crippen molar-refractivity contribution < 1.29 is 9.90 Å². The zero-order valence-corrected chi connectivity index (χ0v) is 13.1. The van der Waals surface area contributed by atoms with E-state index >= 15 is 0 Å². The van der Waals surface area contributed by atoms with Gasteiger partial charge in [-0.15, -0.1) is 11.8 Å². The quantitative estimate of drug-likeness (QED) is 0.790. The summed E-state index contributed by atoms with van der Waals surface area (Å²) in [5, 5.41) is 12.5. The minimum atomic E-state index is -0.280. The molecular weight excluding hydrogens is 305 g/mol. The molecule has 2 N–H and O–H groups in total. The van der Waals surface area contributed by atoms with E-state index in [1.807, 2.05) is 13.8 Å². The number of hydrogen-bond donors (Lipinski definition) is 2. The number of aliphatic hydroxyl groups excluding tert-OH is 1. The van der Waals surface area contributed by atoms with Gasteiger partial charge in [0.25, 0.3) is 0 Å². The number of halogens is 2. The summed E-state index contributed by atoms with van der Waals surface area (Å²) in [6.07, 6.45) is 0.543. The molecule has 2 unspecified atom stereocenters. The minimum Gasteiger partial charge on any atom is -0.396 e. The van der Waals surface area contributed by atoms with E-state index in [2.05, 4.69) is 5.32 Å². The van der Waals surface area contributed by atoms with E-state index in [0.29, 0.717) is 16.5 Å². The van der Waals surface area contributed by atoms with Gasteiger partial charge < -0.3 is 10.4 Å². The lowest BCUT2D eigenvalue weighted by Crippen LogP contribution is -2.38. The van der Waals surface area contributed by atoms with E-state index in [1.165, 1.54) is 11.8 Å². The van der Waals surface area contributed by atoms with Crippen molar-refractivity contribution in [1.82, 2.24) is 5.32 Å². The van der Waals surface area contributed by atoms with E-state index < -0.39 is 0 Å². The van der Waals surface area contributed by atoms with Crippen LogP contribution < -0.4 is 5.32 Å². The summed E-state index contributed by atoms with van der Waals surface area (Å²) in [5.74, 6) is -0.0815. The first kappa shape index (κ1) is 16.6. The number of nitrogens with one attached hydrogen (secondary N) is 1. The van der Waals surface area contributed by atoms with Gasteiger partial charge in [-0.25, -0.2) is 0 Å². The highest BCUT2D eigenvalue weighted by molar-refractivity contribution is 8.00. The lowest BCUT2D eigenvalue weighted by molar-refractivity contribution is -0.120. The molecular formula is C13H17Cl2NO2S. The molecule has 0 spiro atoms. The monoisotopic (exact) mass is 321 g/mol. The molecule has 0 aliphatic heterocycles. The van der Waals surface area contributed by atoms with Gasteiger partial charge in [-0.2, -0.15) is 0 Å². The van der Waals surface area contributed by atoms with Gasteiger partial charge in [0.1, 0.15) is 0 Å². The molecule has 0 aliphatic carbocycles. The second kappa shape index (κ2) is 8.00. The smallest absolute Gasteiger partial charge is 0.233 e. The molecule has 0 heterocycles. The van der Waals surface area contributed by atoms with Gasteiger partial charge >= 0.3 is 0 Å². The number of rotatable bonds is 6. The van der Waals surface area contributed by atoms with Crippen molar-refractivity contribution in [1.29, 1.82) is 0 Å². The van der Waals surface area contributed by atoms with Gasteiger partial charge in [-0.1, -0.05) is 23.2 Å². The SMILES string of the molecule is CC(CCO)NC(=O)C(C)Sc1cc(Cl)ccc1Cl. The average Bonchev–Trinajstić information content (AvgIpc) is 2.34. The van der Waals surface area contributed by atoms with Gasteiger partial charge in [0.2, 0.25) is 5.91 Å². The molecule has 2 atom stereocenters. The van der Waals surface area contributed by atoms with Crippen molar-refractivity contribution in [3.8, 4) is 0 Å². The first-order valence-electron chi connectivity index (χ1n) is 5.97. The molecule has 1 amide bonds. The Morgan fingerprint density at radius 2 is 2.11 bits per heavy atom. The minimum absolute atomic E-state index is 0.0459. The number of hydrogen-bond acceptors (Lipinski definition) is 3. The Morgan fingerprint density at radius 1 is 1.42 bits per heavy atom. The molecule has 0 aliphatic rings. The van der Waals surface area contributed by atoms with Crippen molar-refractivity contribution >= 4 is 40.9 Å². The summed E-state index contributed by atoms with van der Waals surface area (Å²) >= 11 is 13.3. The van der Waals surface area contributed by atoms with Gasteiger partial charge in [0.15, 0.2) is 0 Å². The number of benzene rings is 1. The summed E-state index contributed by atoms with van der Waals surface area (Å²) in [7, 11) is 0. The predicted molar refractivity (Wildman–Crippen MR) is 81.1 cm³/mol. The molecule has 1 aromatic carbocycles. The fourth-order valence-electron chi connectivity index (χ4n) is 1.44. The lowest BCUT2D eigenvalue weighted by Gasteiger charge is -2.17. The molecule has 0 saturated heterocycles. The van der Waals surface area contributed by atoms with Crippen molar-refractivity contribution in [3.63, 3.8) is 0 Å². The van der Waals surface area contributed by atoms with Crippen LogP contribution in [0.25, 0.3) is 0 Å². The van der Waals surface area contributed by atoms with E-state index in [1.54, 1.807) is 18.2 Å². The molecule has 106 valence electrons. The van der Waals surface area contributed by atoms with Crippen molar-refractivity contribution in [2.75, 3.05) is 6.61 Å². The maximum atomic E-state index is 11.9. The van der Waals surface area contributed by atoms with Crippen LogP contribution in [0.15, 0.2) is 23.1 Å². The molecule has 6 heteroatoms. The number of carbonyl (C=O) groups is 1. The Kier molecular flexibility index (Phi) is 7.00. The molecule has 0 aromatic heterocycles. The van der Waals surface area contributed by atoms with Crippen LogP contribution in [0.3, 0.4) is 0 Å². The molecule has 19 heavy (non-hydrogen) atoms. The zero-order chi connectivity index (χ0) is 14.4. The van der Waals surface area contributed by atoms with E-state index in [-0.39, 0.29) is 23.8 Å². The molecule has 3 nitrogen and oxygen atoms in total. The van der Waals surface area contributed by atoms with E-state index in [0.717, 1.165) is 4.90 Å². The van der Waals surface area contributed by atoms with Crippen LogP contribution in [0.5, 0.6) is 0 Å². The normalized spacial score (nSPS) is 13.9. The number of aliphatic hydroxyl groups is 1. The molecule has 0 saturated carbocycles. The topological polar surface area (TPSA) is 49.3 Å². The van der Waals surface area contributed by atoms with Crippen LogP contribution in [-0.4, -0.2) is 28.9 Å². The molecule has 1 aromatic rings. The Balaban J connectivity index is 2.61. The Morgan fingerprint density at radius 3 is 2.74 bits per heavy atom. The fourth-order valence-corrected chi connectivity index (χ4v) is 2.86. The highest BCUT2D eigenvalue weighted by Gasteiger charge is 2.17. The zero-order valence-electron chi connectivity index (χ0n) is 10.8. The lowest BCUT2D eigenvalue weighted by atomic mass is 10.2. The highest BCUT2D eigenvalue weighted by atomic mass is 35.5. The van der Waals surface area contributed by atoms with Crippen molar-refractivity contribution in [2.45, 2.75) is 36.5 Å². The maximum absolute atomic E-state index is 11.9. The first-order chi connectivity index (χ1) is 8.93. The summed E-state index contributed by atoms with van der Waals surface area (Å²) in [4.78, 5) is 12.7. The van der Waals surface area contributed by atoms with E-state index in [4.69, 9.17) is 28.3 Å². The standard InChI is InChI=1S/C13H17Cl2NO2S/c1-8(5-6-17)16-13(18)9(2)19-12-7-10(14)3-4-11(12)15/h3-4,7-9,17H,5-6H2,1-2H3,(H,16,18). The van der Waals surface area contributed by atoms with Crippen LogP contribution in [0.2, 0.25) is 10.0 Å². The molecule has 0 fully saturated rings. The Bertz CT molecular complexity index is 443. The number of thioether (sulfide) groups is 1. The number of amides is 1. The molecule has 1 rings (SSSR count). The summed E-state index contributed by atoms with van der Waals surface area (Å²) < 4.78 is 0. The van der Waals surface area contributed by atoms with Gasteiger partial charge in [0.05, 0.1) is 10.3 Å².